The number of ether oxygens (including phenoxy) is 1. The van der Waals surface area contributed by atoms with E-state index in [1.165, 1.54) is 6.08 Å². The molecule has 1 atom stereocenters. The van der Waals surface area contributed by atoms with E-state index in [1.807, 2.05) is 0 Å². The molecule has 0 saturated heterocycles. The Kier molecular flexibility index (Phi) is 3.25. The highest BCUT2D eigenvalue weighted by atomic mass is 32.2. The summed E-state index contributed by atoms with van der Waals surface area (Å²) in [6.45, 7) is 0. The Morgan fingerprint density at radius 3 is 2.73 bits per heavy atom. The number of sulfonamides is 1. The van der Waals surface area contributed by atoms with Crippen molar-refractivity contribution in [3.8, 4) is 0 Å². The lowest BCUT2D eigenvalue weighted by molar-refractivity contribution is -0.136. The quantitative estimate of drug-likeness (QED) is 0.682. The summed E-state index contributed by atoms with van der Waals surface area (Å²) in [6, 6.07) is 0. The molecule has 0 spiro atoms. The van der Waals surface area contributed by atoms with Crippen LogP contribution in [-0.2, 0) is 19.6 Å². The maximum absolute atomic E-state index is 13.2. The first-order valence-corrected chi connectivity index (χ1v) is 5.65. The minimum absolute atomic E-state index is 0.0311. The average Bonchev–Trinajstić information content (AvgIpc) is 2.15. The van der Waals surface area contributed by atoms with Crippen molar-refractivity contribution < 1.29 is 22.3 Å². The molecule has 2 N–H and O–H groups in total. The van der Waals surface area contributed by atoms with Gasteiger partial charge in [-0.05, 0) is 12.5 Å². The number of primary sulfonamides is 1. The Hall–Kier alpha value is -1.21. The monoisotopic (exact) mass is 235 g/mol. The van der Waals surface area contributed by atoms with Crippen LogP contribution in [0.25, 0.3) is 0 Å². The first-order chi connectivity index (χ1) is 6.88. The van der Waals surface area contributed by atoms with Gasteiger partial charge < -0.3 is 4.74 Å². The number of esters is 1. The van der Waals surface area contributed by atoms with Crippen molar-refractivity contribution in [2.45, 2.75) is 11.7 Å². The molecule has 1 unspecified atom stereocenters. The fourth-order valence-electron chi connectivity index (χ4n) is 1.29. The molecule has 0 aromatic carbocycles. The van der Waals surface area contributed by atoms with Crippen molar-refractivity contribution in [3.05, 3.63) is 23.6 Å². The smallest absolute Gasteiger partial charge is 0.338 e. The maximum atomic E-state index is 13.2. The van der Waals surface area contributed by atoms with Gasteiger partial charge in [-0.1, -0.05) is 6.08 Å². The molecule has 15 heavy (non-hydrogen) atoms. The molecule has 1 aliphatic carbocycles. The van der Waals surface area contributed by atoms with E-state index < -0.39 is 32.6 Å². The molecule has 0 radical (unpaired) electrons. The van der Waals surface area contributed by atoms with Gasteiger partial charge in [-0.15, -0.1) is 0 Å². The Morgan fingerprint density at radius 2 is 2.27 bits per heavy atom. The van der Waals surface area contributed by atoms with Crippen molar-refractivity contribution in [3.63, 3.8) is 0 Å². The van der Waals surface area contributed by atoms with E-state index in [2.05, 4.69) is 4.74 Å². The summed E-state index contributed by atoms with van der Waals surface area (Å²) in [4.78, 5) is 11.2. The van der Waals surface area contributed by atoms with Crippen LogP contribution in [0, 0.1) is 0 Å². The van der Waals surface area contributed by atoms with E-state index in [-0.39, 0.29) is 6.42 Å². The zero-order chi connectivity index (χ0) is 11.6. The lowest BCUT2D eigenvalue weighted by Crippen LogP contribution is -2.34. The third-order valence-electron chi connectivity index (χ3n) is 2.00. The van der Waals surface area contributed by atoms with E-state index in [4.69, 9.17) is 5.14 Å². The Bertz CT molecular complexity index is 438. The zero-order valence-corrected chi connectivity index (χ0v) is 8.75. The molecule has 0 saturated carbocycles. The number of hydrogen-bond acceptors (Lipinski definition) is 4. The zero-order valence-electron chi connectivity index (χ0n) is 7.94. The molecule has 0 heterocycles. The molecule has 7 heteroatoms. The molecule has 0 bridgehead atoms. The summed E-state index contributed by atoms with van der Waals surface area (Å²) in [5.74, 6) is -1.94. The second kappa shape index (κ2) is 4.11. The van der Waals surface area contributed by atoms with E-state index >= 15 is 0 Å². The van der Waals surface area contributed by atoms with Gasteiger partial charge in [0.25, 0.3) is 0 Å². The van der Waals surface area contributed by atoms with Crippen LogP contribution in [-0.4, -0.2) is 26.7 Å². The molecular formula is C8H10FNO4S. The van der Waals surface area contributed by atoms with Crippen molar-refractivity contribution >= 4 is 16.0 Å². The fourth-order valence-corrected chi connectivity index (χ4v) is 2.21. The van der Waals surface area contributed by atoms with Gasteiger partial charge in [0.05, 0.1) is 12.7 Å². The highest BCUT2D eigenvalue weighted by Gasteiger charge is 2.34. The van der Waals surface area contributed by atoms with Gasteiger partial charge in [-0.2, -0.15) is 0 Å². The van der Waals surface area contributed by atoms with E-state index in [0.29, 0.717) is 0 Å². The molecule has 1 rings (SSSR count). The third-order valence-corrected chi connectivity index (χ3v) is 3.22. The van der Waals surface area contributed by atoms with Crippen LogP contribution < -0.4 is 5.14 Å². The number of rotatable bonds is 2. The van der Waals surface area contributed by atoms with E-state index in [0.717, 1.165) is 13.2 Å². The topological polar surface area (TPSA) is 86.5 Å². The number of methoxy groups -OCH3 is 1. The van der Waals surface area contributed by atoms with Crippen LogP contribution >= 0.6 is 0 Å². The lowest BCUT2D eigenvalue weighted by Gasteiger charge is -2.18. The van der Waals surface area contributed by atoms with Crippen LogP contribution in [0.1, 0.15) is 6.42 Å². The molecule has 0 amide bonds. The SMILES string of the molecule is COC(=O)C1=C(F)C=CCC1S(N)(=O)=O. The van der Waals surface area contributed by atoms with Crippen molar-refractivity contribution in [2.75, 3.05) is 7.11 Å². The molecule has 0 fully saturated rings. The van der Waals surface area contributed by atoms with Crippen LogP contribution in [0.3, 0.4) is 0 Å². The number of allylic oxidation sites excluding steroid dienone is 3. The number of carbonyl (C=O) groups excluding carboxylic acids is 1. The Balaban J connectivity index is 3.23. The highest BCUT2D eigenvalue weighted by molar-refractivity contribution is 7.90. The summed E-state index contributed by atoms with van der Waals surface area (Å²) in [7, 11) is -2.97. The number of hydrogen-bond donors (Lipinski definition) is 1. The predicted molar refractivity (Wildman–Crippen MR) is 50.8 cm³/mol. The molecule has 1 aliphatic rings. The maximum Gasteiger partial charge on any atom is 0.338 e. The highest BCUT2D eigenvalue weighted by Crippen LogP contribution is 2.25. The van der Waals surface area contributed by atoms with Crippen LogP contribution in [0.2, 0.25) is 0 Å². The van der Waals surface area contributed by atoms with Gasteiger partial charge in [0, 0.05) is 0 Å². The average molecular weight is 235 g/mol. The summed E-state index contributed by atoms with van der Waals surface area (Å²) >= 11 is 0. The van der Waals surface area contributed by atoms with Gasteiger partial charge in [0.15, 0.2) is 0 Å². The molecule has 0 aliphatic heterocycles. The molecule has 0 aromatic heterocycles. The van der Waals surface area contributed by atoms with Gasteiger partial charge in [0.2, 0.25) is 10.0 Å². The van der Waals surface area contributed by atoms with Crippen molar-refractivity contribution in [1.82, 2.24) is 0 Å². The summed E-state index contributed by atoms with van der Waals surface area (Å²) in [5, 5.41) is 3.52. The summed E-state index contributed by atoms with van der Waals surface area (Å²) < 4.78 is 39.7. The summed E-state index contributed by atoms with van der Waals surface area (Å²) in [6.07, 6.45) is 2.29. The second-order valence-corrected chi connectivity index (χ2v) is 4.72. The molecule has 5 nitrogen and oxygen atoms in total. The third kappa shape index (κ3) is 2.42. The van der Waals surface area contributed by atoms with Gasteiger partial charge >= 0.3 is 5.97 Å². The summed E-state index contributed by atoms with van der Waals surface area (Å²) in [5.41, 5.74) is -0.539. The molecular weight excluding hydrogens is 225 g/mol. The minimum atomic E-state index is -4.01. The van der Waals surface area contributed by atoms with Crippen LogP contribution in [0.4, 0.5) is 4.39 Å². The fraction of sp³-hybridized carbons (Fsp3) is 0.375. The Labute approximate surface area is 86.5 Å². The lowest BCUT2D eigenvalue weighted by atomic mass is 10.0. The normalized spacial score (nSPS) is 21.7. The van der Waals surface area contributed by atoms with Gasteiger partial charge in [-0.25, -0.2) is 22.7 Å². The van der Waals surface area contributed by atoms with Gasteiger partial charge in [-0.3, -0.25) is 0 Å². The first kappa shape index (κ1) is 11.9. The molecule has 0 aromatic rings. The van der Waals surface area contributed by atoms with Crippen molar-refractivity contribution in [1.29, 1.82) is 0 Å². The van der Waals surface area contributed by atoms with Crippen LogP contribution in [0.15, 0.2) is 23.6 Å². The Morgan fingerprint density at radius 1 is 1.67 bits per heavy atom. The number of carbonyl (C=O) groups is 1. The first-order valence-electron chi connectivity index (χ1n) is 4.04. The minimum Gasteiger partial charge on any atom is -0.466 e. The van der Waals surface area contributed by atoms with Crippen LogP contribution in [0.5, 0.6) is 0 Å². The second-order valence-electron chi connectivity index (χ2n) is 2.97. The van der Waals surface area contributed by atoms with E-state index in [1.54, 1.807) is 0 Å². The standard InChI is InChI=1S/C8H10FNO4S/c1-14-8(11)7-5(9)3-2-4-6(7)15(10,12)13/h2-3,6H,4H2,1H3,(H2,10,12,13). The van der Waals surface area contributed by atoms with E-state index in [9.17, 15) is 17.6 Å². The van der Waals surface area contributed by atoms with Gasteiger partial charge in [0.1, 0.15) is 11.1 Å². The number of halogens is 1. The number of nitrogens with two attached hydrogens (primary N) is 1. The van der Waals surface area contributed by atoms with Crippen molar-refractivity contribution in [2.24, 2.45) is 5.14 Å². The predicted octanol–water partition coefficient (Wildman–Crippen LogP) is 0.000000000000000111. The largest absolute Gasteiger partial charge is 0.466 e. The molecule has 84 valence electrons.